The van der Waals surface area contributed by atoms with Crippen molar-refractivity contribution in [1.82, 2.24) is 14.9 Å². The highest BCUT2D eigenvalue weighted by atomic mass is 32.2. The summed E-state index contributed by atoms with van der Waals surface area (Å²) in [4.78, 5) is 13.6. The van der Waals surface area contributed by atoms with E-state index in [1.54, 1.807) is 6.08 Å². The van der Waals surface area contributed by atoms with Crippen LogP contribution in [-0.2, 0) is 16.2 Å². The van der Waals surface area contributed by atoms with Crippen molar-refractivity contribution >= 4 is 17.3 Å². The lowest BCUT2D eigenvalue weighted by atomic mass is 10.1. The maximum Gasteiger partial charge on any atom is 0.226 e. The number of aliphatic hydroxyl groups excluding tert-OH is 1. The lowest BCUT2D eigenvalue weighted by molar-refractivity contribution is -0.126. The van der Waals surface area contributed by atoms with Crippen LogP contribution in [0, 0.1) is 0 Å². The van der Waals surface area contributed by atoms with E-state index in [2.05, 4.69) is 16.6 Å². The van der Waals surface area contributed by atoms with Crippen molar-refractivity contribution in [2.24, 2.45) is 0 Å². The van der Waals surface area contributed by atoms with Gasteiger partial charge in [-0.1, -0.05) is 12.2 Å². The first-order valence-electron chi connectivity index (χ1n) is 9.84. The van der Waals surface area contributed by atoms with Gasteiger partial charge in [0.1, 0.15) is 11.0 Å². The number of hydrogen-bond acceptors (Lipinski definition) is 5. The van der Waals surface area contributed by atoms with Crippen LogP contribution in [0.15, 0.2) is 24.4 Å². The van der Waals surface area contributed by atoms with E-state index in [0.29, 0.717) is 25.8 Å². The van der Waals surface area contributed by atoms with Crippen molar-refractivity contribution in [2.75, 3.05) is 13.1 Å². The third-order valence-electron chi connectivity index (χ3n) is 4.55. The maximum absolute atomic E-state index is 11.9. The van der Waals surface area contributed by atoms with Gasteiger partial charge in [0.2, 0.25) is 5.91 Å². The van der Waals surface area contributed by atoms with Gasteiger partial charge in [-0.05, 0) is 59.8 Å². The second-order valence-corrected chi connectivity index (χ2v) is 10.1. The highest BCUT2D eigenvalue weighted by molar-refractivity contribution is 7.90. The molecule has 156 valence electrons. The molecule has 1 aliphatic heterocycles. The Balaban J connectivity index is 2.26. The molecule has 6 nitrogen and oxygen atoms in total. The Morgan fingerprint density at radius 2 is 2.15 bits per heavy atom. The fraction of sp³-hybridized carbons (Fsp3) is 0.750. The molecule has 1 fully saturated rings. The molecule has 3 unspecified atom stereocenters. The zero-order valence-corrected chi connectivity index (χ0v) is 18.1. The third-order valence-corrected chi connectivity index (χ3v) is 6.13. The summed E-state index contributed by atoms with van der Waals surface area (Å²) >= 11 is -1.05. The zero-order chi connectivity index (χ0) is 20.4. The Bertz CT molecular complexity index is 505. The van der Waals surface area contributed by atoms with E-state index in [4.69, 9.17) is 0 Å². The summed E-state index contributed by atoms with van der Waals surface area (Å²) in [5.41, 5.74) is 0.971. The summed E-state index contributed by atoms with van der Waals surface area (Å²) < 4.78 is 14.7. The van der Waals surface area contributed by atoms with Gasteiger partial charge in [0.25, 0.3) is 0 Å². The topological polar surface area (TPSA) is 87.7 Å². The van der Waals surface area contributed by atoms with Gasteiger partial charge in [0.05, 0.1) is 0 Å². The molecule has 1 amide bonds. The predicted octanol–water partition coefficient (Wildman–Crippen LogP) is 2.59. The SMILES string of the molecule is C=CC(C/C=C(\C)N1CCCC1=O)NC(O)CCCCN[S+]([O-])C(C)(C)C. The molecule has 7 heteroatoms. The Morgan fingerprint density at radius 3 is 2.70 bits per heavy atom. The molecule has 0 aromatic heterocycles. The number of allylic oxidation sites excluding steroid dienone is 1. The van der Waals surface area contributed by atoms with Crippen molar-refractivity contribution in [3.05, 3.63) is 24.4 Å². The minimum atomic E-state index is -1.05. The minimum Gasteiger partial charge on any atom is -0.598 e. The highest BCUT2D eigenvalue weighted by Gasteiger charge is 2.25. The Morgan fingerprint density at radius 1 is 1.44 bits per heavy atom. The maximum atomic E-state index is 11.9. The number of carbonyl (C=O) groups excluding carboxylic acids is 1. The van der Waals surface area contributed by atoms with E-state index < -0.39 is 17.6 Å². The molecule has 1 rings (SSSR count). The Kier molecular flexibility index (Phi) is 10.6. The molecule has 0 spiro atoms. The molecule has 1 saturated heterocycles. The Labute approximate surface area is 167 Å². The van der Waals surface area contributed by atoms with Crippen LogP contribution >= 0.6 is 0 Å². The number of hydrogen-bond donors (Lipinski definition) is 3. The average Bonchev–Trinajstić information content (AvgIpc) is 3.03. The molecule has 3 atom stereocenters. The van der Waals surface area contributed by atoms with Crippen molar-refractivity contribution in [1.29, 1.82) is 0 Å². The second-order valence-electron chi connectivity index (χ2n) is 8.03. The number of likely N-dealkylation sites (tertiary alicyclic amines) is 1. The van der Waals surface area contributed by atoms with Crippen LogP contribution in [0.2, 0.25) is 0 Å². The fourth-order valence-corrected chi connectivity index (χ4v) is 3.60. The lowest BCUT2D eigenvalue weighted by Crippen LogP contribution is -2.40. The molecule has 1 aliphatic rings. The molecule has 0 aromatic rings. The molecule has 27 heavy (non-hydrogen) atoms. The molecule has 0 aliphatic carbocycles. The first kappa shape index (κ1) is 24.2. The number of rotatable bonds is 12. The highest BCUT2D eigenvalue weighted by Crippen LogP contribution is 2.17. The summed E-state index contributed by atoms with van der Waals surface area (Å²) in [6, 6.07) is -0.0424. The summed E-state index contributed by atoms with van der Waals surface area (Å²) in [6.45, 7) is 13.1. The van der Waals surface area contributed by atoms with Crippen LogP contribution in [0.5, 0.6) is 0 Å². The average molecular weight is 400 g/mol. The van der Waals surface area contributed by atoms with E-state index in [1.165, 1.54) is 0 Å². The summed E-state index contributed by atoms with van der Waals surface area (Å²) in [5, 5.41) is 13.3. The number of nitrogens with zero attached hydrogens (tertiary/aromatic N) is 1. The number of unbranched alkanes of at least 4 members (excludes halogenated alkanes) is 1. The van der Waals surface area contributed by atoms with E-state index in [9.17, 15) is 14.5 Å². The van der Waals surface area contributed by atoms with E-state index in [0.717, 1.165) is 31.5 Å². The first-order chi connectivity index (χ1) is 12.6. The van der Waals surface area contributed by atoms with Gasteiger partial charge in [-0.2, -0.15) is 0 Å². The van der Waals surface area contributed by atoms with Crippen LogP contribution in [0.4, 0.5) is 0 Å². The molecule has 1 heterocycles. The van der Waals surface area contributed by atoms with Gasteiger partial charge in [-0.15, -0.1) is 11.3 Å². The summed E-state index contributed by atoms with van der Waals surface area (Å²) in [6.07, 6.45) is 7.76. The summed E-state index contributed by atoms with van der Waals surface area (Å²) in [5.74, 6) is 0.188. The van der Waals surface area contributed by atoms with Crippen molar-refractivity contribution < 1.29 is 14.5 Å². The van der Waals surface area contributed by atoms with Crippen molar-refractivity contribution in [3.63, 3.8) is 0 Å². The Hall–Kier alpha value is -0.860. The number of carbonyl (C=O) groups is 1. The van der Waals surface area contributed by atoms with Crippen LogP contribution in [0.1, 0.15) is 66.2 Å². The van der Waals surface area contributed by atoms with Crippen LogP contribution < -0.4 is 10.0 Å². The normalized spacial score (nSPS) is 19.3. The van der Waals surface area contributed by atoms with Gasteiger partial charge in [-0.3, -0.25) is 10.1 Å². The quantitative estimate of drug-likeness (QED) is 0.203. The van der Waals surface area contributed by atoms with E-state index in [-0.39, 0.29) is 16.7 Å². The molecule has 0 bridgehead atoms. The van der Waals surface area contributed by atoms with Crippen molar-refractivity contribution in [3.8, 4) is 0 Å². The van der Waals surface area contributed by atoms with Crippen LogP contribution in [0.3, 0.4) is 0 Å². The first-order valence-corrected chi connectivity index (χ1v) is 11.0. The zero-order valence-electron chi connectivity index (χ0n) is 17.3. The molecule has 0 aromatic carbocycles. The monoisotopic (exact) mass is 399 g/mol. The second kappa shape index (κ2) is 11.9. The van der Waals surface area contributed by atoms with Crippen LogP contribution in [-0.4, -0.2) is 50.6 Å². The van der Waals surface area contributed by atoms with E-state index >= 15 is 0 Å². The molecule has 0 radical (unpaired) electrons. The number of amides is 1. The lowest BCUT2D eigenvalue weighted by Gasteiger charge is -2.23. The van der Waals surface area contributed by atoms with Gasteiger partial charge in [0.15, 0.2) is 0 Å². The smallest absolute Gasteiger partial charge is 0.226 e. The van der Waals surface area contributed by atoms with Gasteiger partial charge < -0.3 is 14.6 Å². The number of aliphatic hydroxyl groups is 1. The molecular formula is C20H37N3O3S. The van der Waals surface area contributed by atoms with Crippen molar-refractivity contribution in [2.45, 2.75) is 83.2 Å². The summed E-state index contributed by atoms with van der Waals surface area (Å²) in [7, 11) is 0. The van der Waals surface area contributed by atoms with Gasteiger partial charge in [-0.25, -0.2) is 0 Å². The standard InChI is InChI=1S/C20H37N3O3S/c1-6-17(13-12-16(2)23-15-9-11-19(23)25)22-18(24)10-7-8-14-21-27(26)20(3,4)5/h6,12,17-18,21-22,24H,1,7-11,13-15H2,2-5H3/b16-12+. The molecule has 0 saturated carbocycles. The minimum absolute atomic E-state index is 0.0424. The number of nitrogens with one attached hydrogen (secondary N) is 2. The van der Waals surface area contributed by atoms with E-state index in [1.807, 2.05) is 38.7 Å². The predicted molar refractivity (Wildman–Crippen MR) is 112 cm³/mol. The van der Waals surface area contributed by atoms with Gasteiger partial charge >= 0.3 is 0 Å². The van der Waals surface area contributed by atoms with Gasteiger partial charge in [0, 0.05) is 42.6 Å². The fourth-order valence-electron chi connectivity index (χ4n) is 2.84. The largest absolute Gasteiger partial charge is 0.598 e. The van der Waals surface area contributed by atoms with Crippen LogP contribution in [0.25, 0.3) is 0 Å². The molecule has 3 N–H and O–H groups in total. The third kappa shape index (κ3) is 9.25. The molecular weight excluding hydrogens is 362 g/mol.